The van der Waals surface area contributed by atoms with Crippen molar-refractivity contribution in [2.24, 2.45) is 0 Å². The summed E-state index contributed by atoms with van der Waals surface area (Å²) in [4.78, 5) is 24.8. The van der Waals surface area contributed by atoms with Crippen LogP contribution >= 0.6 is 0 Å². The lowest BCUT2D eigenvalue weighted by Gasteiger charge is -2.20. The van der Waals surface area contributed by atoms with Crippen LogP contribution in [0.25, 0.3) is 0 Å². The standard InChI is InChI=1S/C14H20N2O3/c1-4-16(5-2)12-8-6-11(7-9-12)14(18)19-10-13(17)15-3/h6-9H,4-5,10H2,1-3H3,(H,15,17). The second-order valence-corrected chi connectivity index (χ2v) is 3.97. The Hall–Kier alpha value is -2.04. The van der Waals surface area contributed by atoms with Gasteiger partial charge in [0.1, 0.15) is 0 Å². The predicted molar refractivity (Wildman–Crippen MR) is 74.4 cm³/mol. The summed E-state index contributed by atoms with van der Waals surface area (Å²) in [5, 5.41) is 2.39. The number of amides is 1. The zero-order valence-corrected chi connectivity index (χ0v) is 11.6. The molecular weight excluding hydrogens is 244 g/mol. The quantitative estimate of drug-likeness (QED) is 0.790. The Kier molecular flexibility index (Phi) is 5.85. The van der Waals surface area contributed by atoms with Gasteiger partial charge in [0.15, 0.2) is 6.61 Å². The number of benzene rings is 1. The number of nitrogens with one attached hydrogen (secondary N) is 1. The Bertz CT molecular complexity index is 425. The summed E-state index contributed by atoms with van der Waals surface area (Å²) < 4.78 is 4.87. The number of carbonyl (C=O) groups is 2. The highest BCUT2D eigenvalue weighted by Gasteiger charge is 2.10. The van der Waals surface area contributed by atoms with Crippen LogP contribution in [0.2, 0.25) is 0 Å². The highest BCUT2D eigenvalue weighted by molar-refractivity contribution is 5.91. The highest BCUT2D eigenvalue weighted by atomic mass is 16.5. The van der Waals surface area contributed by atoms with E-state index in [4.69, 9.17) is 4.74 Å². The highest BCUT2D eigenvalue weighted by Crippen LogP contribution is 2.15. The maximum absolute atomic E-state index is 11.7. The molecule has 0 radical (unpaired) electrons. The van der Waals surface area contributed by atoms with Crippen molar-refractivity contribution in [3.63, 3.8) is 0 Å². The van der Waals surface area contributed by atoms with Gasteiger partial charge in [0.25, 0.3) is 5.91 Å². The Balaban J connectivity index is 2.65. The number of ether oxygens (including phenoxy) is 1. The molecular formula is C14H20N2O3. The Labute approximate surface area is 113 Å². The average Bonchev–Trinajstić information content (AvgIpc) is 2.46. The van der Waals surface area contributed by atoms with Crippen molar-refractivity contribution in [1.29, 1.82) is 0 Å². The van der Waals surface area contributed by atoms with Crippen molar-refractivity contribution in [2.45, 2.75) is 13.8 Å². The van der Waals surface area contributed by atoms with Gasteiger partial charge in [0, 0.05) is 25.8 Å². The van der Waals surface area contributed by atoms with Crippen LogP contribution in [0.3, 0.4) is 0 Å². The molecule has 0 aromatic heterocycles. The third kappa shape index (κ3) is 4.28. The molecule has 1 aromatic rings. The summed E-state index contributed by atoms with van der Waals surface area (Å²) in [6.45, 7) is 5.73. The zero-order valence-electron chi connectivity index (χ0n) is 11.6. The molecule has 0 aliphatic carbocycles. The SMILES string of the molecule is CCN(CC)c1ccc(C(=O)OCC(=O)NC)cc1. The number of nitrogens with zero attached hydrogens (tertiary/aromatic N) is 1. The lowest BCUT2D eigenvalue weighted by Crippen LogP contribution is -2.25. The number of anilines is 1. The minimum absolute atomic E-state index is 0.257. The van der Waals surface area contributed by atoms with Crippen molar-refractivity contribution in [3.05, 3.63) is 29.8 Å². The first-order valence-electron chi connectivity index (χ1n) is 6.35. The van der Waals surface area contributed by atoms with E-state index in [1.54, 1.807) is 12.1 Å². The number of hydrogen-bond acceptors (Lipinski definition) is 4. The van der Waals surface area contributed by atoms with Crippen molar-refractivity contribution >= 4 is 17.6 Å². The van der Waals surface area contributed by atoms with E-state index in [1.165, 1.54) is 7.05 Å². The molecule has 0 saturated carbocycles. The minimum atomic E-state index is -0.491. The third-order valence-corrected chi connectivity index (χ3v) is 2.84. The lowest BCUT2D eigenvalue weighted by molar-refractivity contribution is -0.123. The van der Waals surface area contributed by atoms with Crippen molar-refractivity contribution in [2.75, 3.05) is 31.6 Å². The van der Waals surface area contributed by atoms with Crippen LogP contribution in [-0.2, 0) is 9.53 Å². The molecule has 1 rings (SSSR count). The number of hydrogen-bond donors (Lipinski definition) is 1. The van der Waals surface area contributed by atoms with E-state index >= 15 is 0 Å². The second kappa shape index (κ2) is 7.41. The molecule has 1 aromatic carbocycles. The fraction of sp³-hybridized carbons (Fsp3) is 0.429. The molecule has 0 spiro atoms. The molecule has 0 heterocycles. The molecule has 5 nitrogen and oxygen atoms in total. The van der Waals surface area contributed by atoms with Gasteiger partial charge in [-0.25, -0.2) is 4.79 Å². The van der Waals surface area contributed by atoms with Crippen LogP contribution in [0.1, 0.15) is 24.2 Å². The van der Waals surface area contributed by atoms with E-state index in [0.717, 1.165) is 18.8 Å². The maximum Gasteiger partial charge on any atom is 0.338 e. The number of carbonyl (C=O) groups excluding carboxylic acids is 2. The van der Waals surface area contributed by atoms with Crippen LogP contribution < -0.4 is 10.2 Å². The molecule has 19 heavy (non-hydrogen) atoms. The molecule has 5 heteroatoms. The number of rotatable bonds is 6. The van der Waals surface area contributed by atoms with Gasteiger partial charge in [-0.2, -0.15) is 0 Å². The molecule has 0 aliphatic heterocycles. The van der Waals surface area contributed by atoms with Gasteiger partial charge in [-0.15, -0.1) is 0 Å². The van der Waals surface area contributed by atoms with Crippen LogP contribution in [0, 0.1) is 0 Å². The Morgan fingerprint density at radius 3 is 2.21 bits per heavy atom. The molecule has 0 atom stereocenters. The van der Waals surface area contributed by atoms with E-state index < -0.39 is 5.97 Å². The summed E-state index contributed by atoms with van der Waals surface area (Å²) in [6.07, 6.45) is 0. The average molecular weight is 264 g/mol. The van der Waals surface area contributed by atoms with E-state index in [-0.39, 0.29) is 12.5 Å². The largest absolute Gasteiger partial charge is 0.452 e. The summed E-state index contributed by atoms with van der Waals surface area (Å²) in [5.41, 5.74) is 1.51. The van der Waals surface area contributed by atoms with Crippen LogP contribution in [0.5, 0.6) is 0 Å². The fourth-order valence-corrected chi connectivity index (χ4v) is 1.68. The summed E-state index contributed by atoms with van der Waals surface area (Å²) in [5.74, 6) is -0.817. The first kappa shape index (κ1) is 15.0. The van der Waals surface area contributed by atoms with Crippen LogP contribution in [0.15, 0.2) is 24.3 Å². The molecule has 0 saturated heterocycles. The van der Waals surface area contributed by atoms with E-state index in [2.05, 4.69) is 24.1 Å². The van der Waals surface area contributed by atoms with Crippen LogP contribution in [-0.4, -0.2) is 38.6 Å². The molecule has 0 aliphatic rings. The summed E-state index contributed by atoms with van der Waals surface area (Å²) in [7, 11) is 1.50. The zero-order chi connectivity index (χ0) is 14.3. The lowest BCUT2D eigenvalue weighted by atomic mass is 10.2. The number of likely N-dealkylation sites (N-methyl/N-ethyl adjacent to an activating group) is 1. The number of esters is 1. The monoisotopic (exact) mass is 264 g/mol. The van der Waals surface area contributed by atoms with Gasteiger partial charge in [-0.3, -0.25) is 4.79 Å². The minimum Gasteiger partial charge on any atom is -0.452 e. The van der Waals surface area contributed by atoms with Gasteiger partial charge in [0.2, 0.25) is 0 Å². The molecule has 1 N–H and O–H groups in total. The van der Waals surface area contributed by atoms with Crippen molar-refractivity contribution in [1.82, 2.24) is 5.32 Å². The van der Waals surface area contributed by atoms with E-state index in [0.29, 0.717) is 5.56 Å². The van der Waals surface area contributed by atoms with E-state index in [9.17, 15) is 9.59 Å². The topological polar surface area (TPSA) is 58.6 Å². The van der Waals surface area contributed by atoms with Crippen molar-refractivity contribution in [3.8, 4) is 0 Å². The van der Waals surface area contributed by atoms with Gasteiger partial charge < -0.3 is 15.0 Å². The van der Waals surface area contributed by atoms with Crippen molar-refractivity contribution < 1.29 is 14.3 Å². The van der Waals surface area contributed by atoms with E-state index in [1.807, 2.05) is 12.1 Å². The molecule has 104 valence electrons. The molecule has 0 bridgehead atoms. The first-order chi connectivity index (χ1) is 9.12. The smallest absolute Gasteiger partial charge is 0.338 e. The predicted octanol–water partition coefficient (Wildman–Crippen LogP) is 1.44. The van der Waals surface area contributed by atoms with Gasteiger partial charge in [-0.05, 0) is 38.1 Å². The maximum atomic E-state index is 11.7. The van der Waals surface area contributed by atoms with Gasteiger partial charge in [0.05, 0.1) is 5.56 Å². The normalized spacial score (nSPS) is 9.84. The summed E-state index contributed by atoms with van der Waals surface area (Å²) in [6, 6.07) is 7.17. The third-order valence-electron chi connectivity index (χ3n) is 2.84. The fourth-order valence-electron chi connectivity index (χ4n) is 1.68. The molecule has 0 unspecified atom stereocenters. The molecule has 0 fully saturated rings. The first-order valence-corrected chi connectivity index (χ1v) is 6.35. The molecule has 1 amide bonds. The Morgan fingerprint density at radius 2 is 1.74 bits per heavy atom. The Morgan fingerprint density at radius 1 is 1.16 bits per heavy atom. The van der Waals surface area contributed by atoms with Gasteiger partial charge in [-0.1, -0.05) is 0 Å². The van der Waals surface area contributed by atoms with Crippen LogP contribution in [0.4, 0.5) is 5.69 Å². The second-order valence-electron chi connectivity index (χ2n) is 3.97. The summed E-state index contributed by atoms with van der Waals surface area (Å²) >= 11 is 0. The van der Waals surface area contributed by atoms with Gasteiger partial charge >= 0.3 is 5.97 Å².